The molecule has 1 fully saturated rings. The van der Waals surface area contributed by atoms with Crippen LogP contribution in [0.25, 0.3) is 0 Å². The van der Waals surface area contributed by atoms with Crippen LogP contribution in [0.15, 0.2) is 42.5 Å². The Bertz CT molecular complexity index is 1040. The molecule has 154 valence electrons. The largest absolute Gasteiger partial charge is 0.376 e. The summed E-state index contributed by atoms with van der Waals surface area (Å²) in [5.74, 6) is -1.14. The summed E-state index contributed by atoms with van der Waals surface area (Å²) in [4.78, 5) is 49.8. The highest BCUT2D eigenvalue weighted by Crippen LogP contribution is 2.29. The van der Waals surface area contributed by atoms with Gasteiger partial charge in [-0.15, -0.1) is 0 Å². The lowest BCUT2D eigenvalue weighted by Crippen LogP contribution is -2.52. The minimum absolute atomic E-state index is 0.0789. The van der Waals surface area contributed by atoms with E-state index < -0.39 is 11.9 Å². The van der Waals surface area contributed by atoms with Crippen LogP contribution in [0.5, 0.6) is 0 Å². The molecule has 3 N–H and O–H groups in total. The van der Waals surface area contributed by atoms with E-state index in [2.05, 4.69) is 38.5 Å². The summed E-state index contributed by atoms with van der Waals surface area (Å²) in [6.45, 7) is 0.375. The van der Waals surface area contributed by atoms with Crippen LogP contribution in [0.1, 0.15) is 28.8 Å². The standard InChI is InChI=1S/C21H19IN4O4/c22-13-1-3-14(4-2-13)24-19(28)10-23-15-5-6-16-12(9-15)11-26(21(16)30)17-7-8-18(27)25-20(17)29/h1-6,9,17,23H,7-8,10-11H2,(H,24,28)(H,25,27,29). The van der Waals surface area contributed by atoms with E-state index in [1.165, 1.54) is 4.90 Å². The number of carbonyl (C=O) groups is 4. The molecule has 2 aromatic rings. The Balaban J connectivity index is 1.38. The number of anilines is 2. The van der Waals surface area contributed by atoms with Crippen molar-refractivity contribution in [1.82, 2.24) is 10.2 Å². The van der Waals surface area contributed by atoms with E-state index in [9.17, 15) is 19.2 Å². The minimum Gasteiger partial charge on any atom is -0.376 e. The highest BCUT2D eigenvalue weighted by molar-refractivity contribution is 14.1. The maximum absolute atomic E-state index is 12.7. The fourth-order valence-electron chi connectivity index (χ4n) is 3.61. The average molecular weight is 518 g/mol. The van der Waals surface area contributed by atoms with Gasteiger partial charge in [0.1, 0.15) is 6.04 Å². The molecule has 2 heterocycles. The molecule has 0 bridgehead atoms. The number of amides is 4. The molecule has 30 heavy (non-hydrogen) atoms. The Morgan fingerprint density at radius 1 is 1.10 bits per heavy atom. The topological polar surface area (TPSA) is 108 Å². The molecule has 0 saturated carbocycles. The molecule has 0 spiro atoms. The first-order chi connectivity index (χ1) is 14.4. The van der Waals surface area contributed by atoms with Gasteiger partial charge in [0.25, 0.3) is 5.91 Å². The number of halogens is 1. The van der Waals surface area contributed by atoms with E-state index in [0.717, 1.165) is 14.8 Å². The SMILES string of the molecule is O=C1CCC(N2Cc3cc(NCC(=O)Nc4ccc(I)cc4)ccc3C2=O)C(=O)N1. The van der Waals surface area contributed by atoms with Crippen molar-refractivity contribution < 1.29 is 19.2 Å². The molecule has 2 aromatic carbocycles. The smallest absolute Gasteiger partial charge is 0.255 e. The molecule has 4 amide bonds. The number of piperidine rings is 1. The Hall–Kier alpha value is -2.95. The van der Waals surface area contributed by atoms with E-state index in [0.29, 0.717) is 24.2 Å². The van der Waals surface area contributed by atoms with Crippen molar-refractivity contribution in [3.05, 3.63) is 57.2 Å². The summed E-state index contributed by atoms with van der Waals surface area (Å²) in [7, 11) is 0. The highest BCUT2D eigenvalue weighted by atomic mass is 127. The van der Waals surface area contributed by atoms with Gasteiger partial charge in [-0.1, -0.05) is 0 Å². The minimum atomic E-state index is -0.640. The Kier molecular flexibility index (Phi) is 5.71. The molecule has 2 aliphatic rings. The highest BCUT2D eigenvalue weighted by Gasteiger charge is 2.39. The lowest BCUT2D eigenvalue weighted by atomic mass is 10.0. The van der Waals surface area contributed by atoms with Crippen LogP contribution in [0.4, 0.5) is 11.4 Å². The van der Waals surface area contributed by atoms with Gasteiger partial charge in [0.2, 0.25) is 17.7 Å². The molecule has 1 unspecified atom stereocenters. The summed E-state index contributed by atoms with van der Waals surface area (Å²) < 4.78 is 1.09. The molecule has 8 nitrogen and oxygen atoms in total. The zero-order valence-electron chi connectivity index (χ0n) is 15.9. The van der Waals surface area contributed by atoms with Crippen molar-refractivity contribution in [3.8, 4) is 0 Å². The van der Waals surface area contributed by atoms with Gasteiger partial charge in [-0.2, -0.15) is 0 Å². The lowest BCUT2D eigenvalue weighted by molar-refractivity contribution is -0.137. The maximum Gasteiger partial charge on any atom is 0.255 e. The van der Waals surface area contributed by atoms with Gasteiger partial charge < -0.3 is 15.5 Å². The second-order valence-electron chi connectivity index (χ2n) is 7.18. The molecular formula is C21H19IN4O4. The van der Waals surface area contributed by atoms with Gasteiger partial charge in [0.15, 0.2) is 0 Å². The molecular weight excluding hydrogens is 499 g/mol. The van der Waals surface area contributed by atoms with Crippen LogP contribution in [0.2, 0.25) is 0 Å². The third kappa shape index (κ3) is 4.30. The second-order valence-corrected chi connectivity index (χ2v) is 8.43. The fourth-order valence-corrected chi connectivity index (χ4v) is 3.96. The third-order valence-corrected chi connectivity index (χ3v) is 5.82. The van der Waals surface area contributed by atoms with Crippen LogP contribution >= 0.6 is 22.6 Å². The summed E-state index contributed by atoms with van der Waals surface area (Å²) in [6, 6.07) is 12.1. The first-order valence-electron chi connectivity index (χ1n) is 9.47. The van der Waals surface area contributed by atoms with Gasteiger partial charge in [-0.25, -0.2) is 0 Å². The Labute approximate surface area is 186 Å². The maximum atomic E-state index is 12.7. The van der Waals surface area contributed by atoms with Gasteiger partial charge in [-0.3, -0.25) is 24.5 Å². The van der Waals surface area contributed by atoms with E-state index in [1.807, 2.05) is 30.3 Å². The predicted octanol–water partition coefficient (Wildman–Crippen LogP) is 2.10. The summed E-state index contributed by atoms with van der Waals surface area (Å²) in [6.07, 6.45) is 0.549. The monoisotopic (exact) mass is 518 g/mol. The van der Waals surface area contributed by atoms with Gasteiger partial charge in [0, 0.05) is 33.5 Å². The third-order valence-electron chi connectivity index (χ3n) is 5.10. The number of nitrogens with zero attached hydrogens (tertiary/aromatic N) is 1. The zero-order valence-corrected chi connectivity index (χ0v) is 18.1. The molecule has 0 aromatic heterocycles. The van der Waals surface area contributed by atoms with E-state index >= 15 is 0 Å². The quantitative estimate of drug-likeness (QED) is 0.415. The molecule has 1 saturated heterocycles. The summed E-state index contributed by atoms with van der Waals surface area (Å²) >= 11 is 2.20. The predicted molar refractivity (Wildman–Crippen MR) is 119 cm³/mol. The summed E-state index contributed by atoms with van der Waals surface area (Å²) in [5.41, 5.74) is 2.76. The van der Waals surface area contributed by atoms with Crippen molar-refractivity contribution in [2.24, 2.45) is 0 Å². The van der Waals surface area contributed by atoms with Crippen molar-refractivity contribution in [1.29, 1.82) is 0 Å². The number of benzene rings is 2. The number of fused-ring (bicyclic) bond motifs is 1. The van der Waals surface area contributed by atoms with Crippen LogP contribution < -0.4 is 16.0 Å². The van der Waals surface area contributed by atoms with E-state index in [1.54, 1.807) is 12.1 Å². The number of hydrogen-bond acceptors (Lipinski definition) is 5. The van der Waals surface area contributed by atoms with Crippen molar-refractivity contribution >= 4 is 57.6 Å². The average Bonchev–Trinajstić information content (AvgIpc) is 3.04. The fraction of sp³-hybridized carbons (Fsp3) is 0.238. The molecule has 0 radical (unpaired) electrons. The first kappa shape index (κ1) is 20.3. The van der Waals surface area contributed by atoms with Crippen molar-refractivity contribution in [3.63, 3.8) is 0 Å². The molecule has 1 atom stereocenters. The van der Waals surface area contributed by atoms with Gasteiger partial charge in [0.05, 0.1) is 6.54 Å². The second kappa shape index (κ2) is 8.42. The van der Waals surface area contributed by atoms with Crippen molar-refractivity contribution in [2.75, 3.05) is 17.2 Å². The van der Waals surface area contributed by atoms with Crippen LogP contribution in [-0.2, 0) is 20.9 Å². The van der Waals surface area contributed by atoms with Crippen molar-refractivity contribution in [2.45, 2.75) is 25.4 Å². The first-order valence-corrected chi connectivity index (χ1v) is 10.6. The van der Waals surface area contributed by atoms with E-state index in [-0.39, 0.29) is 30.7 Å². The lowest BCUT2D eigenvalue weighted by Gasteiger charge is -2.29. The molecule has 4 rings (SSSR count). The van der Waals surface area contributed by atoms with Crippen LogP contribution in [0, 0.1) is 3.57 Å². The summed E-state index contributed by atoms with van der Waals surface area (Å²) in [5, 5.41) is 8.17. The molecule has 0 aliphatic carbocycles. The van der Waals surface area contributed by atoms with Crippen LogP contribution in [-0.4, -0.2) is 41.1 Å². The molecule has 2 aliphatic heterocycles. The van der Waals surface area contributed by atoms with Gasteiger partial charge in [-0.05, 0) is 77.0 Å². The van der Waals surface area contributed by atoms with E-state index in [4.69, 9.17) is 0 Å². The number of carbonyl (C=O) groups excluding carboxylic acids is 4. The Morgan fingerprint density at radius 2 is 1.83 bits per heavy atom. The van der Waals surface area contributed by atoms with Gasteiger partial charge >= 0.3 is 0 Å². The zero-order chi connectivity index (χ0) is 21.3. The number of nitrogens with one attached hydrogen (secondary N) is 3. The normalized spacial score (nSPS) is 18.1. The number of rotatable bonds is 5. The number of hydrogen-bond donors (Lipinski definition) is 3. The van der Waals surface area contributed by atoms with Crippen LogP contribution in [0.3, 0.4) is 0 Å². The number of imide groups is 1. The molecule has 9 heteroatoms. The Morgan fingerprint density at radius 3 is 2.57 bits per heavy atom.